The maximum absolute atomic E-state index is 12.4. The van der Waals surface area contributed by atoms with Crippen LogP contribution in [-0.2, 0) is 14.2 Å². The fourth-order valence-electron chi connectivity index (χ4n) is 2.70. The van der Waals surface area contributed by atoms with Crippen LogP contribution in [0.15, 0.2) is 24.3 Å². The van der Waals surface area contributed by atoms with Gasteiger partial charge in [0.1, 0.15) is 12.7 Å². The van der Waals surface area contributed by atoms with Crippen LogP contribution >= 0.6 is 0 Å². The number of rotatable bonds is 10. The molecule has 2 rings (SSSR count). The molecular formula is C21H34N2O6. The van der Waals surface area contributed by atoms with Crippen molar-refractivity contribution in [2.45, 2.75) is 46.1 Å². The summed E-state index contributed by atoms with van der Waals surface area (Å²) in [6.07, 6.45) is -1.35. The first-order chi connectivity index (χ1) is 13.9. The quantitative estimate of drug-likeness (QED) is 0.593. The minimum atomic E-state index is -0.664. The Balaban J connectivity index is 1.78. The zero-order valence-corrected chi connectivity index (χ0v) is 17.8. The molecule has 1 unspecified atom stereocenters. The molecule has 1 saturated heterocycles. The van der Waals surface area contributed by atoms with E-state index in [9.17, 15) is 4.79 Å². The van der Waals surface area contributed by atoms with E-state index in [0.717, 1.165) is 0 Å². The lowest BCUT2D eigenvalue weighted by molar-refractivity contribution is -0.114. The van der Waals surface area contributed by atoms with Crippen LogP contribution in [0.5, 0.6) is 11.5 Å². The van der Waals surface area contributed by atoms with E-state index in [1.54, 1.807) is 11.8 Å². The Morgan fingerprint density at radius 2 is 1.93 bits per heavy atom. The van der Waals surface area contributed by atoms with Crippen LogP contribution in [-0.4, -0.2) is 68.9 Å². The first-order valence-electron chi connectivity index (χ1n) is 10.2. The summed E-state index contributed by atoms with van der Waals surface area (Å²) < 4.78 is 28.1. The van der Waals surface area contributed by atoms with Gasteiger partial charge in [-0.15, -0.1) is 0 Å². The second-order valence-corrected chi connectivity index (χ2v) is 7.32. The molecular weight excluding hydrogens is 376 g/mol. The molecule has 8 nitrogen and oxygen atoms in total. The van der Waals surface area contributed by atoms with Crippen LogP contribution in [0.1, 0.15) is 27.7 Å². The van der Waals surface area contributed by atoms with E-state index in [2.05, 4.69) is 0 Å². The van der Waals surface area contributed by atoms with E-state index >= 15 is 0 Å². The molecule has 1 aromatic carbocycles. The number of ether oxygens (including phenoxy) is 5. The van der Waals surface area contributed by atoms with Crippen LogP contribution in [0.2, 0.25) is 0 Å². The Bertz CT molecular complexity index is 627. The van der Waals surface area contributed by atoms with Crippen LogP contribution in [0.4, 0.5) is 4.79 Å². The van der Waals surface area contributed by atoms with Gasteiger partial charge in [0.25, 0.3) is 0 Å². The third-order valence-corrected chi connectivity index (χ3v) is 4.62. The molecule has 0 spiro atoms. The van der Waals surface area contributed by atoms with E-state index < -0.39 is 12.4 Å². The standard InChI is InChI=1S/C21H34N2O6/c1-5-25-19-8-6-7-9-20(19)28-13-17-12-23(10-11-26-17)21(24)29-16(4)27-14-18(22)15(2)3/h6-9,15-18H,5,10-14,22H2,1-4H3/t16?,17-,18+/m0/s1. The van der Waals surface area contributed by atoms with Crippen LogP contribution in [0, 0.1) is 5.92 Å². The number of carbonyl (C=O) groups is 1. The zero-order chi connectivity index (χ0) is 21.2. The maximum Gasteiger partial charge on any atom is 0.412 e. The smallest absolute Gasteiger partial charge is 0.412 e. The molecule has 0 radical (unpaired) electrons. The monoisotopic (exact) mass is 410 g/mol. The van der Waals surface area contributed by atoms with Crippen molar-refractivity contribution in [1.29, 1.82) is 0 Å². The Hall–Kier alpha value is -2.03. The van der Waals surface area contributed by atoms with Gasteiger partial charge in [-0.05, 0) is 31.9 Å². The van der Waals surface area contributed by atoms with Gasteiger partial charge in [0.15, 0.2) is 11.5 Å². The number of nitrogens with zero attached hydrogens (tertiary/aromatic N) is 1. The molecule has 1 aromatic rings. The summed E-state index contributed by atoms with van der Waals surface area (Å²) in [4.78, 5) is 14.0. The molecule has 1 aliphatic rings. The van der Waals surface area contributed by atoms with Gasteiger partial charge in [0.05, 0.1) is 26.4 Å². The highest BCUT2D eigenvalue weighted by Gasteiger charge is 2.27. The summed E-state index contributed by atoms with van der Waals surface area (Å²) >= 11 is 0. The molecule has 1 fully saturated rings. The predicted octanol–water partition coefficient (Wildman–Crippen LogP) is 2.65. The summed E-state index contributed by atoms with van der Waals surface area (Å²) in [7, 11) is 0. The molecule has 164 valence electrons. The topological polar surface area (TPSA) is 92.5 Å². The molecule has 1 aliphatic heterocycles. The summed E-state index contributed by atoms with van der Waals surface area (Å²) in [5.41, 5.74) is 5.95. The van der Waals surface area contributed by atoms with Crippen molar-refractivity contribution in [3.05, 3.63) is 24.3 Å². The summed E-state index contributed by atoms with van der Waals surface area (Å²) in [6, 6.07) is 7.39. The summed E-state index contributed by atoms with van der Waals surface area (Å²) in [6.45, 7) is 10.1. The first kappa shape index (κ1) is 23.3. The van der Waals surface area contributed by atoms with Gasteiger partial charge in [-0.25, -0.2) is 4.79 Å². The number of benzene rings is 1. The highest BCUT2D eigenvalue weighted by atomic mass is 16.7. The number of hydrogen-bond acceptors (Lipinski definition) is 7. The van der Waals surface area contributed by atoms with Crippen molar-refractivity contribution in [1.82, 2.24) is 4.90 Å². The molecule has 1 heterocycles. The van der Waals surface area contributed by atoms with E-state index in [1.165, 1.54) is 0 Å². The van der Waals surface area contributed by atoms with E-state index in [4.69, 9.17) is 29.4 Å². The largest absolute Gasteiger partial charge is 0.490 e. The van der Waals surface area contributed by atoms with E-state index in [1.807, 2.05) is 45.0 Å². The normalized spacial score (nSPS) is 19.0. The van der Waals surface area contributed by atoms with Gasteiger partial charge < -0.3 is 34.3 Å². The average molecular weight is 411 g/mol. The van der Waals surface area contributed by atoms with Gasteiger partial charge in [-0.1, -0.05) is 26.0 Å². The minimum absolute atomic E-state index is 0.0966. The van der Waals surface area contributed by atoms with Gasteiger partial charge in [0, 0.05) is 12.6 Å². The Morgan fingerprint density at radius 1 is 1.24 bits per heavy atom. The molecule has 8 heteroatoms. The zero-order valence-electron chi connectivity index (χ0n) is 17.8. The molecule has 1 amide bonds. The maximum atomic E-state index is 12.4. The molecule has 0 aromatic heterocycles. The molecule has 0 bridgehead atoms. The number of nitrogens with two attached hydrogens (primary N) is 1. The Kier molecular flexibility index (Phi) is 9.50. The number of hydrogen-bond donors (Lipinski definition) is 1. The Labute approximate surface area is 173 Å². The second-order valence-electron chi connectivity index (χ2n) is 7.32. The number of morpholine rings is 1. The molecule has 29 heavy (non-hydrogen) atoms. The van der Waals surface area contributed by atoms with Crippen molar-refractivity contribution in [2.24, 2.45) is 11.7 Å². The molecule has 2 N–H and O–H groups in total. The average Bonchev–Trinajstić information content (AvgIpc) is 2.71. The van der Waals surface area contributed by atoms with Gasteiger partial charge in [-0.3, -0.25) is 0 Å². The van der Waals surface area contributed by atoms with Gasteiger partial charge in [0.2, 0.25) is 6.29 Å². The lowest BCUT2D eigenvalue weighted by Crippen LogP contribution is -2.48. The summed E-state index contributed by atoms with van der Waals surface area (Å²) in [5, 5.41) is 0. The van der Waals surface area contributed by atoms with Crippen LogP contribution < -0.4 is 15.2 Å². The number of amides is 1. The molecule has 3 atom stereocenters. The van der Waals surface area contributed by atoms with Crippen molar-refractivity contribution >= 4 is 6.09 Å². The van der Waals surface area contributed by atoms with Crippen molar-refractivity contribution in [3.63, 3.8) is 0 Å². The second kappa shape index (κ2) is 11.8. The third kappa shape index (κ3) is 7.72. The predicted molar refractivity (Wildman–Crippen MR) is 109 cm³/mol. The van der Waals surface area contributed by atoms with Gasteiger partial charge >= 0.3 is 6.09 Å². The fourth-order valence-corrected chi connectivity index (χ4v) is 2.70. The van der Waals surface area contributed by atoms with Crippen LogP contribution in [0.25, 0.3) is 0 Å². The Morgan fingerprint density at radius 3 is 2.59 bits per heavy atom. The minimum Gasteiger partial charge on any atom is -0.490 e. The number of carbonyl (C=O) groups excluding carboxylic acids is 1. The van der Waals surface area contributed by atoms with E-state index in [-0.39, 0.29) is 12.1 Å². The SMILES string of the molecule is CCOc1ccccc1OC[C@@H]1CN(C(=O)OC(C)OC[C@@H](N)C(C)C)CCO1. The van der Waals surface area contributed by atoms with Crippen molar-refractivity contribution < 1.29 is 28.5 Å². The highest BCUT2D eigenvalue weighted by Crippen LogP contribution is 2.26. The lowest BCUT2D eigenvalue weighted by Gasteiger charge is -2.33. The van der Waals surface area contributed by atoms with Crippen molar-refractivity contribution in [2.75, 3.05) is 39.5 Å². The fraction of sp³-hybridized carbons (Fsp3) is 0.667. The van der Waals surface area contributed by atoms with Crippen molar-refractivity contribution in [3.8, 4) is 11.5 Å². The van der Waals surface area contributed by atoms with Crippen LogP contribution in [0.3, 0.4) is 0 Å². The molecule has 0 saturated carbocycles. The third-order valence-electron chi connectivity index (χ3n) is 4.62. The van der Waals surface area contributed by atoms with Gasteiger partial charge in [-0.2, -0.15) is 0 Å². The van der Waals surface area contributed by atoms with E-state index in [0.29, 0.717) is 56.9 Å². The highest BCUT2D eigenvalue weighted by molar-refractivity contribution is 5.67. The summed E-state index contributed by atoms with van der Waals surface area (Å²) in [5.74, 6) is 1.64. The number of para-hydroxylation sites is 2. The lowest BCUT2D eigenvalue weighted by atomic mass is 10.1. The molecule has 0 aliphatic carbocycles. The first-order valence-corrected chi connectivity index (χ1v) is 10.2.